The Morgan fingerprint density at radius 3 is 3.00 bits per heavy atom. The van der Waals surface area contributed by atoms with Crippen LogP contribution in [0.5, 0.6) is 0 Å². The second kappa shape index (κ2) is 7.02. The normalized spacial score (nSPS) is 23.8. The number of hydrogen-bond acceptors (Lipinski definition) is 5. The molecule has 0 amide bonds. The zero-order valence-electron chi connectivity index (χ0n) is 11.7. The van der Waals surface area contributed by atoms with Gasteiger partial charge in [-0.25, -0.2) is 4.98 Å². The van der Waals surface area contributed by atoms with Crippen molar-refractivity contribution in [2.75, 3.05) is 37.8 Å². The number of morpholine rings is 1. The van der Waals surface area contributed by atoms with Crippen LogP contribution in [0.2, 0.25) is 0 Å². The molecule has 1 aromatic heterocycles. The first kappa shape index (κ1) is 13.8. The van der Waals surface area contributed by atoms with E-state index < -0.39 is 0 Å². The minimum Gasteiger partial charge on any atom is -0.378 e. The van der Waals surface area contributed by atoms with Crippen LogP contribution in [0, 0.1) is 6.20 Å². The number of hydrogen-bond donors (Lipinski definition) is 0. The molecule has 3 heterocycles. The molecular formula is C15H21N2O3. The molecule has 5 nitrogen and oxygen atoms in total. The lowest BCUT2D eigenvalue weighted by Crippen LogP contribution is -2.36. The van der Waals surface area contributed by atoms with Gasteiger partial charge in [0, 0.05) is 25.4 Å². The van der Waals surface area contributed by atoms with E-state index in [4.69, 9.17) is 14.2 Å². The van der Waals surface area contributed by atoms with Gasteiger partial charge in [-0.15, -0.1) is 0 Å². The molecule has 5 heteroatoms. The third kappa shape index (κ3) is 3.69. The van der Waals surface area contributed by atoms with Gasteiger partial charge < -0.3 is 19.1 Å². The predicted molar refractivity (Wildman–Crippen MR) is 74.5 cm³/mol. The molecule has 20 heavy (non-hydrogen) atoms. The number of rotatable bonds is 4. The summed E-state index contributed by atoms with van der Waals surface area (Å²) in [4.78, 5) is 6.55. The Morgan fingerprint density at radius 1 is 1.30 bits per heavy atom. The maximum absolute atomic E-state index is 5.76. The van der Waals surface area contributed by atoms with E-state index >= 15 is 0 Å². The van der Waals surface area contributed by atoms with Gasteiger partial charge in [-0.1, -0.05) is 0 Å². The fourth-order valence-electron chi connectivity index (χ4n) is 2.52. The summed E-state index contributed by atoms with van der Waals surface area (Å²) in [5.41, 5.74) is 2.05. The van der Waals surface area contributed by atoms with Gasteiger partial charge in [0.1, 0.15) is 0 Å². The molecule has 1 radical (unpaired) electrons. The molecule has 0 aliphatic carbocycles. The van der Waals surface area contributed by atoms with E-state index in [2.05, 4.69) is 22.1 Å². The van der Waals surface area contributed by atoms with Crippen molar-refractivity contribution in [3.8, 4) is 0 Å². The van der Waals surface area contributed by atoms with Crippen LogP contribution in [0.25, 0.3) is 0 Å². The first-order valence-corrected chi connectivity index (χ1v) is 7.35. The number of aromatic nitrogens is 1. The van der Waals surface area contributed by atoms with Crippen molar-refractivity contribution in [3.05, 3.63) is 24.0 Å². The summed E-state index contributed by atoms with van der Waals surface area (Å²) in [6.07, 6.45) is 6.18. The quantitative estimate of drug-likeness (QED) is 0.839. The summed E-state index contributed by atoms with van der Waals surface area (Å²) >= 11 is 0. The SMILES string of the molecule is [c]1cc(N2CCOCC2)cc(COC2CCCCO2)n1. The third-order valence-electron chi connectivity index (χ3n) is 3.67. The molecule has 109 valence electrons. The first-order valence-electron chi connectivity index (χ1n) is 7.35. The average Bonchev–Trinajstić information content (AvgIpc) is 2.55. The number of anilines is 1. The summed E-state index contributed by atoms with van der Waals surface area (Å²) in [5.74, 6) is 0. The van der Waals surface area contributed by atoms with E-state index in [1.807, 2.05) is 6.07 Å². The van der Waals surface area contributed by atoms with Gasteiger partial charge in [0.2, 0.25) is 0 Å². The van der Waals surface area contributed by atoms with Gasteiger partial charge in [0.05, 0.1) is 31.7 Å². The van der Waals surface area contributed by atoms with Gasteiger partial charge in [-0.2, -0.15) is 0 Å². The van der Waals surface area contributed by atoms with Crippen molar-refractivity contribution < 1.29 is 14.2 Å². The van der Waals surface area contributed by atoms with Crippen LogP contribution in [0.15, 0.2) is 12.1 Å². The zero-order valence-corrected chi connectivity index (χ0v) is 11.7. The number of nitrogens with zero attached hydrogens (tertiary/aromatic N) is 2. The van der Waals surface area contributed by atoms with Gasteiger partial charge >= 0.3 is 0 Å². The lowest BCUT2D eigenvalue weighted by molar-refractivity contribution is -0.169. The number of ether oxygens (including phenoxy) is 3. The number of pyridine rings is 1. The average molecular weight is 277 g/mol. The largest absolute Gasteiger partial charge is 0.378 e. The van der Waals surface area contributed by atoms with Crippen LogP contribution in [-0.2, 0) is 20.8 Å². The molecule has 0 aromatic carbocycles. The van der Waals surface area contributed by atoms with Crippen LogP contribution in [0.3, 0.4) is 0 Å². The second-order valence-electron chi connectivity index (χ2n) is 5.15. The Hall–Kier alpha value is -1.17. The lowest BCUT2D eigenvalue weighted by Gasteiger charge is -2.29. The van der Waals surface area contributed by atoms with E-state index in [1.165, 1.54) is 6.42 Å². The Labute approximate surface area is 119 Å². The van der Waals surface area contributed by atoms with Crippen molar-refractivity contribution in [3.63, 3.8) is 0 Å². The van der Waals surface area contributed by atoms with Crippen molar-refractivity contribution in [1.82, 2.24) is 4.98 Å². The fourth-order valence-corrected chi connectivity index (χ4v) is 2.52. The first-order chi connectivity index (χ1) is 9.92. The molecular weight excluding hydrogens is 256 g/mol. The Kier molecular flexibility index (Phi) is 4.84. The van der Waals surface area contributed by atoms with Crippen molar-refractivity contribution >= 4 is 5.69 Å². The van der Waals surface area contributed by atoms with Crippen LogP contribution < -0.4 is 4.90 Å². The summed E-state index contributed by atoms with van der Waals surface area (Å²) < 4.78 is 16.7. The van der Waals surface area contributed by atoms with E-state index in [0.717, 1.165) is 57.1 Å². The molecule has 0 N–H and O–H groups in total. The Bertz CT molecular complexity index is 415. The third-order valence-corrected chi connectivity index (χ3v) is 3.67. The van der Waals surface area contributed by atoms with Gasteiger partial charge in [0.15, 0.2) is 6.29 Å². The highest BCUT2D eigenvalue weighted by Crippen LogP contribution is 2.18. The summed E-state index contributed by atoms with van der Waals surface area (Å²) in [6, 6.07) is 4.00. The lowest BCUT2D eigenvalue weighted by atomic mass is 10.2. The summed E-state index contributed by atoms with van der Waals surface area (Å²) in [5, 5.41) is 0. The smallest absolute Gasteiger partial charge is 0.158 e. The predicted octanol–water partition coefficient (Wildman–Crippen LogP) is 1.76. The van der Waals surface area contributed by atoms with E-state index in [9.17, 15) is 0 Å². The van der Waals surface area contributed by atoms with Gasteiger partial charge in [-0.3, -0.25) is 0 Å². The molecule has 3 rings (SSSR count). The highest BCUT2D eigenvalue weighted by Gasteiger charge is 2.15. The van der Waals surface area contributed by atoms with E-state index in [1.54, 1.807) is 0 Å². The van der Waals surface area contributed by atoms with Gasteiger partial charge in [0.25, 0.3) is 0 Å². The van der Waals surface area contributed by atoms with Crippen LogP contribution in [0.1, 0.15) is 25.0 Å². The van der Waals surface area contributed by atoms with Crippen molar-refractivity contribution in [1.29, 1.82) is 0 Å². The van der Waals surface area contributed by atoms with Crippen molar-refractivity contribution in [2.24, 2.45) is 0 Å². The summed E-state index contributed by atoms with van der Waals surface area (Å²) in [6.45, 7) is 4.69. The van der Waals surface area contributed by atoms with Gasteiger partial charge in [-0.05, 0) is 31.4 Å². The van der Waals surface area contributed by atoms with Crippen LogP contribution in [-0.4, -0.2) is 44.2 Å². The maximum atomic E-state index is 5.76. The molecule has 1 atom stereocenters. The zero-order chi connectivity index (χ0) is 13.6. The van der Waals surface area contributed by atoms with Crippen molar-refractivity contribution in [2.45, 2.75) is 32.2 Å². The molecule has 0 bridgehead atoms. The molecule has 2 aliphatic rings. The second-order valence-corrected chi connectivity index (χ2v) is 5.15. The molecule has 2 saturated heterocycles. The highest BCUT2D eigenvalue weighted by molar-refractivity contribution is 5.46. The molecule has 0 spiro atoms. The fraction of sp³-hybridized carbons (Fsp3) is 0.667. The van der Waals surface area contributed by atoms with Crippen LogP contribution in [0.4, 0.5) is 5.69 Å². The molecule has 1 aromatic rings. The molecule has 2 aliphatic heterocycles. The summed E-state index contributed by atoms with van der Waals surface area (Å²) in [7, 11) is 0. The van der Waals surface area contributed by atoms with Crippen LogP contribution >= 0.6 is 0 Å². The standard InChI is InChI=1S/C15H21N2O3/c1-2-8-19-15(3-1)20-12-13-11-14(4-5-16-13)17-6-9-18-10-7-17/h4,11,15H,1-3,6-10,12H2. The molecule has 2 fully saturated rings. The van der Waals surface area contributed by atoms with E-state index in [0.29, 0.717) is 6.61 Å². The minimum atomic E-state index is -0.0717. The Morgan fingerprint density at radius 2 is 2.20 bits per heavy atom. The molecule has 0 saturated carbocycles. The Balaban J connectivity index is 1.56. The van der Waals surface area contributed by atoms with E-state index in [-0.39, 0.29) is 6.29 Å². The monoisotopic (exact) mass is 277 g/mol. The maximum Gasteiger partial charge on any atom is 0.158 e. The topological polar surface area (TPSA) is 43.8 Å². The highest BCUT2D eigenvalue weighted by atomic mass is 16.7. The minimum absolute atomic E-state index is 0.0717. The molecule has 1 unspecified atom stereocenters.